The minimum Gasteiger partial charge on any atom is -0.443 e. The van der Waals surface area contributed by atoms with Crippen LogP contribution in [0.1, 0.15) is 21.7 Å². The summed E-state index contributed by atoms with van der Waals surface area (Å²) < 4.78 is 33.0. The van der Waals surface area contributed by atoms with Gasteiger partial charge >= 0.3 is 0 Å². The van der Waals surface area contributed by atoms with Gasteiger partial charge in [-0.05, 0) is 31.2 Å². The van der Waals surface area contributed by atoms with Gasteiger partial charge in [-0.25, -0.2) is 23.7 Å². The molecule has 0 saturated heterocycles. The van der Waals surface area contributed by atoms with Crippen molar-refractivity contribution in [2.45, 2.75) is 13.5 Å². The van der Waals surface area contributed by atoms with Crippen LogP contribution in [0.3, 0.4) is 0 Å². The highest BCUT2D eigenvalue weighted by molar-refractivity contribution is 5.97. The number of aryl methyl sites for hydroxylation is 1. The number of pyridine rings is 1. The molecule has 0 aliphatic carbocycles. The number of amides is 1. The normalized spacial score (nSPS) is 10.8. The van der Waals surface area contributed by atoms with E-state index in [1.54, 1.807) is 25.3 Å². The fraction of sp³-hybridized carbons (Fsp3) is 0.0952. The zero-order chi connectivity index (χ0) is 22.0. The van der Waals surface area contributed by atoms with Crippen molar-refractivity contribution >= 4 is 11.7 Å². The minimum atomic E-state index is -0.772. The van der Waals surface area contributed by atoms with E-state index in [1.165, 1.54) is 18.5 Å². The molecule has 0 atom stereocenters. The topological polar surface area (TPSA) is 120 Å². The van der Waals surface area contributed by atoms with Gasteiger partial charge in [0.15, 0.2) is 17.2 Å². The van der Waals surface area contributed by atoms with Crippen molar-refractivity contribution in [2.75, 3.05) is 5.73 Å². The first kappa shape index (κ1) is 20.1. The molecule has 4 aromatic rings. The van der Waals surface area contributed by atoms with Gasteiger partial charge in [0, 0.05) is 29.6 Å². The third-order valence-electron chi connectivity index (χ3n) is 4.43. The van der Waals surface area contributed by atoms with Crippen molar-refractivity contribution in [1.29, 1.82) is 0 Å². The summed E-state index contributed by atoms with van der Waals surface area (Å²) in [7, 11) is 0. The van der Waals surface area contributed by atoms with Crippen LogP contribution in [0.25, 0.3) is 22.8 Å². The largest absolute Gasteiger partial charge is 0.443 e. The number of carbonyl (C=O) groups excluding carboxylic acids is 1. The monoisotopic (exact) mass is 422 g/mol. The van der Waals surface area contributed by atoms with Crippen molar-refractivity contribution in [3.8, 4) is 22.8 Å². The van der Waals surface area contributed by atoms with E-state index in [2.05, 4.69) is 25.3 Å². The molecule has 0 radical (unpaired) electrons. The Morgan fingerprint density at radius 1 is 1.10 bits per heavy atom. The quantitative estimate of drug-likeness (QED) is 0.506. The minimum absolute atomic E-state index is 0.170. The van der Waals surface area contributed by atoms with Crippen molar-refractivity contribution in [2.24, 2.45) is 0 Å². The number of carbonyl (C=O) groups is 1. The number of nitrogens with zero attached hydrogens (tertiary/aromatic N) is 4. The van der Waals surface area contributed by atoms with Crippen molar-refractivity contribution in [1.82, 2.24) is 25.3 Å². The second-order valence-electron chi connectivity index (χ2n) is 6.56. The lowest BCUT2D eigenvalue weighted by molar-refractivity contribution is 0.0946. The molecular weight excluding hydrogens is 406 g/mol. The Morgan fingerprint density at radius 3 is 2.55 bits per heavy atom. The molecule has 3 N–H and O–H groups in total. The van der Waals surface area contributed by atoms with Gasteiger partial charge in [-0.3, -0.25) is 9.78 Å². The highest BCUT2D eigenvalue weighted by Gasteiger charge is 2.22. The molecule has 8 nitrogen and oxygen atoms in total. The van der Waals surface area contributed by atoms with Crippen molar-refractivity contribution in [3.63, 3.8) is 0 Å². The van der Waals surface area contributed by atoms with Crippen LogP contribution in [0.4, 0.5) is 14.6 Å². The van der Waals surface area contributed by atoms with Gasteiger partial charge in [0.1, 0.15) is 23.6 Å². The zero-order valence-electron chi connectivity index (χ0n) is 16.3. The average Bonchev–Trinajstić information content (AvgIpc) is 3.28. The molecule has 0 bridgehead atoms. The Hall–Kier alpha value is -4.21. The highest BCUT2D eigenvalue weighted by atomic mass is 19.1. The molecule has 1 amide bonds. The molecule has 156 valence electrons. The second-order valence-corrected chi connectivity index (χ2v) is 6.56. The smallest absolute Gasteiger partial charge is 0.274 e. The second kappa shape index (κ2) is 8.27. The number of nitrogens with one attached hydrogen (secondary N) is 1. The van der Waals surface area contributed by atoms with Crippen LogP contribution in [0.5, 0.6) is 0 Å². The molecule has 1 aromatic carbocycles. The summed E-state index contributed by atoms with van der Waals surface area (Å²) in [5.41, 5.74) is 7.37. The van der Waals surface area contributed by atoms with Crippen LogP contribution in [-0.4, -0.2) is 25.8 Å². The molecule has 0 saturated carbocycles. The Morgan fingerprint density at radius 2 is 1.87 bits per heavy atom. The molecule has 10 heteroatoms. The first-order valence-corrected chi connectivity index (χ1v) is 9.15. The van der Waals surface area contributed by atoms with E-state index in [4.69, 9.17) is 10.2 Å². The molecule has 0 aliphatic heterocycles. The Balaban J connectivity index is 1.73. The summed E-state index contributed by atoms with van der Waals surface area (Å²) in [5.74, 6) is -2.30. The number of hydrogen-bond donors (Lipinski definition) is 2. The van der Waals surface area contributed by atoms with Crippen LogP contribution in [0.2, 0.25) is 0 Å². The molecule has 4 rings (SSSR count). The van der Waals surface area contributed by atoms with E-state index in [-0.39, 0.29) is 35.2 Å². The third kappa shape index (κ3) is 4.08. The SMILES string of the molecule is Cc1cc(-c2nc(C(=O)NCc3c(F)cccc3F)c(N)nc2-c2ncco2)ccn1. The maximum absolute atomic E-state index is 13.8. The summed E-state index contributed by atoms with van der Waals surface area (Å²) in [4.78, 5) is 29.6. The van der Waals surface area contributed by atoms with Gasteiger partial charge in [0.05, 0.1) is 6.20 Å². The number of halogens is 2. The lowest BCUT2D eigenvalue weighted by atomic mass is 10.1. The predicted molar refractivity (Wildman–Crippen MR) is 107 cm³/mol. The van der Waals surface area contributed by atoms with E-state index in [9.17, 15) is 13.6 Å². The van der Waals surface area contributed by atoms with Crippen molar-refractivity contribution < 1.29 is 18.0 Å². The van der Waals surface area contributed by atoms with E-state index in [1.807, 2.05) is 0 Å². The maximum Gasteiger partial charge on any atom is 0.274 e. The molecule has 0 aliphatic rings. The predicted octanol–water partition coefficient (Wildman–Crippen LogP) is 3.29. The van der Waals surface area contributed by atoms with Gasteiger partial charge in [-0.15, -0.1) is 0 Å². The average molecular weight is 422 g/mol. The van der Waals surface area contributed by atoms with Gasteiger partial charge in [-0.1, -0.05) is 6.07 Å². The molecule has 31 heavy (non-hydrogen) atoms. The fourth-order valence-electron chi connectivity index (χ4n) is 2.95. The number of aromatic nitrogens is 4. The molecule has 3 aromatic heterocycles. The maximum atomic E-state index is 13.8. The first-order chi connectivity index (χ1) is 14.9. The van der Waals surface area contributed by atoms with Crippen LogP contribution in [0, 0.1) is 18.6 Å². The molecular formula is C21H16F2N6O2. The summed E-state index contributed by atoms with van der Waals surface area (Å²) in [5, 5.41) is 2.43. The van der Waals surface area contributed by atoms with E-state index >= 15 is 0 Å². The van der Waals surface area contributed by atoms with Crippen LogP contribution in [-0.2, 0) is 6.54 Å². The molecule has 3 heterocycles. The number of anilines is 1. The Labute approximate surface area is 175 Å². The van der Waals surface area contributed by atoms with E-state index < -0.39 is 17.5 Å². The van der Waals surface area contributed by atoms with Crippen LogP contribution in [0.15, 0.2) is 53.4 Å². The van der Waals surface area contributed by atoms with Gasteiger partial charge < -0.3 is 15.5 Å². The third-order valence-corrected chi connectivity index (χ3v) is 4.43. The number of nitrogens with two attached hydrogens (primary N) is 1. The number of rotatable bonds is 5. The van der Waals surface area contributed by atoms with Crippen molar-refractivity contribution in [3.05, 3.63) is 77.6 Å². The summed E-state index contributed by atoms with van der Waals surface area (Å²) in [6.07, 6.45) is 4.40. The molecule has 0 unspecified atom stereocenters. The fourth-order valence-corrected chi connectivity index (χ4v) is 2.95. The number of benzene rings is 1. The number of oxazole rings is 1. The van der Waals surface area contributed by atoms with Crippen LogP contribution >= 0.6 is 0 Å². The molecule has 0 fully saturated rings. The van der Waals surface area contributed by atoms with E-state index in [0.717, 1.165) is 17.8 Å². The first-order valence-electron chi connectivity index (χ1n) is 9.15. The lowest BCUT2D eigenvalue weighted by Gasteiger charge is -2.12. The number of nitrogen functional groups attached to an aromatic ring is 1. The summed E-state index contributed by atoms with van der Waals surface area (Å²) in [6, 6.07) is 6.89. The highest BCUT2D eigenvalue weighted by Crippen LogP contribution is 2.30. The zero-order valence-corrected chi connectivity index (χ0v) is 16.3. The van der Waals surface area contributed by atoms with E-state index in [0.29, 0.717) is 11.3 Å². The van der Waals surface area contributed by atoms with Gasteiger partial charge in [-0.2, -0.15) is 0 Å². The Bertz CT molecular complexity index is 1240. The number of hydrogen-bond acceptors (Lipinski definition) is 7. The lowest BCUT2D eigenvalue weighted by Crippen LogP contribution is -2.26. The molecule has 0 spiro atoms. The van der Waals surface area contributed by atoms with Gasteiger partial charge in [0.2, 0.25) is 5.89 Å². The standard InChI is InChI=1S/C21H16F2N6O2/c1-11-9-12(5-6-25-11)16-17(21-26-7-8-31-21)29-19(24)18(28-16)20(30)27-10-13-14(22)3-2-4-15(13)23/h2-9H,10H2,1H3,(H2,24,29)(H,27,30). The summed E-state index contributed by atoms with van der Waals surface area (Å²) >= 11 is 0. The van der Waals surface area contributed by atoms with Gasteiger partial charge in [0.25, 0.3) is 5.91 Å². The Kier molecular flexibility index (Phi) is 5.35. The van der Waals surface area contributed by atoms with Crippen LogP contribution < -0.4 is 11.1 Å². The summed E-state index contributed by atoms with van der Waals surface area (Å²) in [6.45, 7) is 1.42.